The molecule has 0 spiro atoms. The lowest BCUT2D eigenvalue weighted by molar-refractivity contribution is -0.161. The maximum absolute atomic E-state index is 14.4. The number of nitrogens with zero attached hydrogens (tertiary/aromatic N) is 2. The molecule has 40 heavy (non-hydrogen) atoms. The summed E-state index contributed by atoms with van der Waals surface area (Å²) in [5.41, 5.74) is 0.285. The van der Waals surface area contributed by atoms with Crippen molar-refractivity contribution < 1.29 is 32.2 Å². The molecule has 2 aliphatic rings. The highest BCUT2D eigenvalue weighted by molar-refractivity contribution is 7.76. The summed E-state index contributed by atoms with van der Waals surface area (Å²) in [6.45, 7) is 1.19. The zero-order chi connectivity index (χ0) is 29.2. The van der Waals surface area contributed by atoms with Crippen LogP contribution in [-0.4, -0.2) is 60.5 Å². The number of carbonyl (C=O) groups excluding carboxylic acids is 1. The summed E-state index contributed by atoms with van der Waals surface area (Å²) in [7, 11) is 0. The van der Waals surface area contributed by atoms with Crippen LogP contribution in [0.15, 0.2) is 48.5 Å². The Bertz CT molecular complexity index is 1250. The molecule has 1 unspecified atom stereocenters. The molecular formula is C28H32Cl2F2N2O5S. The smallest absolute Gasteiger partial charge is 0.304 e. The van der Waals surface area contributed by atoms with E-state index in [-0.39, 0.29) is 37.3 Å². The molecule has 0 radical (unpaired) electrons. The number of piperidine rings is 1. The van der Waals surface area contributed by atoms with Gasteiger partial charge in [0.25, 0.3) is 0 Å². The molecule has 1 amide bonds. The summed E-state index contributed by atoms with van der Waals surface area (Å²) in [6.07, 6.45) is -1.94. The Morgan fingerprint density at radius 3 is 2.38 bits per heavy atom. The number of rotatable bonds is 12. The predicted octanol–water partition coefficient (Wildman–Crippen LogP) is 6.40. The van der Waals surface area contributed by atoms with Crippen LogP contribution in [-0.2, 0) is 20.9 Å². The lowest BCUT2D eigenvalue weighted by Crippen LogP contribution is -2.59. The van der Waals surface area contributed by atoms with Gasteiger partial charge < -0.3 is 10.0 Å². The maximum atomic E-state index is 14.4. The van der Waals surface area contributed by atoms with Gasteiger partial charge in [0.2, 0.25) is 23.6 Å². The van der Waals surface area contributed by atoms with Crippen LogP contribution >= 0.6 is 23.2 Å². The molecule has 12 heteroatoms. The molecule has 4 rings (SSSR count). The van der Waals surface area contributed by atoms with Crippen LogP contribution in [0.25, 0.3) is 0 Å². The first-order chi connectivity index (χ1) is 18.9. The molecule has 2 N–H and O–H groups in total. The minimum Gasteiger partial charge on any atom is -0.481 e. The first-order valence-electron chi connectivity index (χ1n) is 13.1. The van der Waals surface area contributed by atoms with Gasteiger partial charge in [0.05, 0.1) is 17.9 Å². The fourth-order valence-electron chi connectivity index (χ4n) is 5.87. The number of carboxylic acids is 1. The molecule has 0 aromatic heterocycles. The van der Waals surface area contributed by atoms with Crippen LogP contribution in [0.1, 0.15) is 62.1 Å². The van der Waals surface area contributed by atoms with Gasteiger partial charge >= 0.3 is 5.97 Å². The molecule has 5 atom stereocenters. The number of benzene rings is 2. The molecule has 1 heterocycles. The molecule has 2 aromatic rings. The van der Waals surface area contributed by atoms with Crippen LogP contribution in [0.5, 0.6) is 0 Å². The number of carbonyl (C=O) groups is 2. The van der Waals surface area contributed by atoms with Gasteiger partial charge in [-0.15, -0.1) is 0 Å². The van der Waals surface area contributed by atoms with Crippen LogP contribution in [0.3, 0.4) is 0 Å². The number of amides is 1. The molecule has 1 saturated heterocycles. The number of alkyl halides is 2. The Morgan fingerprint density at radius 1 is 1.15 bits per heavy atom. The number of halogens is 4. The van der Waals surface area contributed by atoms with Gasteiger partial charge in [0.15, 0.2) is 0 Å². The SMILES string of the molecule is C[C@]1(CC(=O)O)C[C@H](c2cccc(Cl)c2)[C@@H](c2ccc(Cl)cc2)N([C@H](CN(CCC(F)F)S(=O)O)C2CC2)C1=O. The quantitative estimate of drug-likeness (QED) is 0.269. The number of carboxylic acid groups (broad SMARTS) is 1. The lowest BCUT2D eigenvalue weighted by Gasteiger charge is -2.52. The van der Waals surface area contributed by atoms with Crippen molar-refractivity contribution in [2.45, 2.75) is 63.5 Å². The van der Waals surface area contributed by atoms with Crippen molar-refractivity contribution >= 4 is 46.3 Å². The van der Waals surface area contributed by atoms with Gasteiger partial charge in [-0.2, -0.15) is 4.31 Å². The van der Waals surface area contributed by atoms with Crippen LogP contribution in [0.2, 0.25) is 10.0 Å². The normalized spacial score (nSPS) is 24.9. The monoisotopic (exact) mass is 616 g/mol. The predicted molar refractivity (Wildman–Crippen MR) is 150 cm³/mol. The molecule has 2 aromatic carbocycles. The Hall–Kier alpha value is -2.11. The third kappa shape index (κ3) is 7.20. The van der Waals surface area contributed by atoms with Gasteiger partial charge in [-0.1, -0.05) is 54.4 Å². The van der Waals surface area contributed by atoms with Crippen LogP contribution in [0, 0.1) is 11.3 Å². The third-order valence-electron chi connectivity index (χ3n) is 7.86. The fraction of sp³-hybridized carbons (Fsp3) is 0.500. The number of hydrogen-bond donors (Lipinski definition) is 2. The molecule has 7 nitrogen and oxygen atoms in total. The Balaban J connectivity index is 1.87. The second-order valence-corrected chi connectivity index (χ2v) is 12.8. The standard InChI is InChI=1S/C28H32Cl2F2N2O5S/c1-28(15-25(35)36)14-22(19-3-2-4-21(30)13-19)26(18-7-9-20(29)10-8-18)34(27(28)37)23(17-5-6-17)16-33(40(38)39)12-11-24(31)32/h2-4,7-10,13,17,22-24,26H,5-6,11-12,14-16H2,1H3,(H,35,36)(H,38,39)/t22-,23-,26-,28-/m1/s1. The van der Waals surface area contributed by atoms with Gasteiger partial charge in [-0.25, -0.2) is 13.0 Å². The van der Waals surface area contributed by atoms with E-state index in [4.69, 9.17) is 23.2 Å². The topological polar surface area (TPSA) is 98.2 Å². The van der Waals surface area contributed by atoms with E-state index in [1.165, 1.54) is 0 Å². The van der Waals surface area contributed by atoms with Crippen molar-refractivity contribution in [2.75, 3.05) is 13.1 Å². The van der Waals surface area contributed by atoms with E-state index < -0.39 is 54.0 Å². The Morgan fingerprint density at radius 2 is 1.82 bits per heavy atom. The van der Waals surface area contributed by atoms with Crippen LogP contribution < -0.4 is 0 Å². The highest BCUT2D eigenvalue weighted by Crippen LogP contribution is 2.54. The van der Waals surface area contributed by atoms with Crippen molar-refractivity contribution in [1.82, 2.24) is 9.21 Å². The maximum Gasteiger partial charge on any atom is 0.304 e. The molecule has 1 saturated carbocycles. The van der Waals surface area contributed by atoms with Crippen molar-refractivity contribution in [3.05, 3.63) is 69.7 Å². The fourth-order valence-corrected chi connectivity index (χ4v) is 6.74. The van der Waals surface area contributed by atoms with Crippen molar-refractivity contribution in [2.24, 2.45) is 11.3 Å². The highest BCUT2D eigenvalue weighted by Gasteiger charge is 2.54. The Labute approximate surface area is 244 Å². The van der Waals surface area contributed by atoms with Crippen molar-refractivity contribution in [1.29, 1.82) is 0 Å². The summed E-state index contributed by atoms with van der Waals surface area (Å²) in [5, 5.41) is 10.8. The second-order valence-electron chi connectivity index (χ2n) is 10.9. The number of aliphatic carboxylic acids is 1. The van der Waals surface area contributed by atoms with Gasteiger partial charge in [-0.3, -0.25) is 14.1 Å². The molecule has 2 fully saturated rings. The summed E-state index contributed by atoms with van der Waals surface area (Å²) in [6, 6.07) is 13.1. The van der Waals surface area contributed by atoms with Crippen molar-refractivity contribution in [3.63, 3.8) is 0 Å². The Kier molecular flexibility index (Phi) is 9.88. The van der Waals surface area contributed by atoms with Gasteiger partial charge in [-0.05, 0) is 60.6 Å². The van der Waals surface area contributed by atoms with E-state index in [0.29, 0.717) is 10.0 Å². The van der Waals surface area contributed by atoms with E-state index in [9.17, 15) is 32.2 Å². The second kappa shape index (κ2) is 12.8. The molecule has 1 aliphatic carbocycles. The third-order valence-corrected chi connectivity index (χ3v) is 9.12. The molecular weight excluding hydrogens is 585 g/mol. The number of hydrogen-bond acceptors (Lipinski definition) is 3. The van der Waals surface area contributed by atoms with Gasteiger partial charge in [0, 0.05) is 41.5 Å². The summed E-state index contributed by atoms with van der Waals surface area (Å²) >= 11 is 10.0. The first kappa shape index (κ1) is 30.8. The summed E-state index contributed by atoms with van der Waals surface area (Å²) < 4.78 is 49.3. The summed E-state index contributed by atoms with van der Waals surface area (Å²) in [4.78, 5) is 28.1. The zero-order valence-corrected chi connectivity index (χ0v) is 24.2. The zero-order valence-electron chi connectivity index (χ0n) is 21.9. The van der Waals surface area contributed by atoms with E-state index in [0.717, 1.165) is 28.3 Å². The molecule has 1 aliphatic heterocycles. The van der Waals surface area contributed by atoms with E-state index in [1.54, 1.807) is 42.2 Å². The largest absolute Gasteiger partial charge is 0.481 e. The average Bonchev–Trinajstić information content (AvgIpc) is 3.71. The lowest BCUT2D eigenvalue weighted by atomic mass is 9.67. The first-order valence-corrected chi connectivity index (χ1v) is 14.9. The van der Waals surface area contributed by atoms with Crippen LogP contribution in [0.4, 0.5) is 8.78 Å². The minimum atomic E-state index is -2.66. The minimum absolute atomic E-state index is 0.0384. The van der Waals surface area contributed by atoms with E-state index >= 15 is 0 Å². The number of likely N-dealkylation sites (tertiary alicyclic amines) is 1. The van der Waals surface area contributed by atoms with E-state index in [1.807, 2.05) is 18.2 Å². The molecule has 218 valence electrons. The van der Waals surface area contributed by atoms with Crippen molar-refractivity contribution in [3.8, 4) is 0 Å². The van der Waals surface area contributed by atoms with Gasteiger partial charge in [0.1, 0.15) is 0 Å². The average molecular weight is 618 g/mol. The molecule has 0 bridgehead atoms. The van der Waals surface area contributed by atoms with E-state index in [2.05, 4.69) is 0 Å². The highest BCUT2D eigenvalue weighted by atomic mass is 35.5. The summed E-state index contributed by atoms with van der Waals surface area (Å²) in [5.74, 6) is -1.92.